The molecule has 1 aliphatic rings. The van der Waals surface area contributed by atoms with E-state index in [0.717, 1.165) is 46.0 Å². The Balaban J connectivity index is 1.58. The molecule has 0 radical (unpaired) electrons. The van der Waals surface area contributed by atoms with Crippen LogP contribution in [0.5, 0.6) is 5.88 Å². The lowest BCUT2D eigenvalue weighted by atomic mass is 10.1. The fraction of sp³-hybridized carbons (Fsp3) is 0.350. The minimum atomic E-state index is 0.0794. The zero-order valence-corrected chi connectivity index (χ0v) is 16.8. The zero-order valence-electron chi connectivity index (χ0n) is 16.0. The number of ether oxygens (including phenoxy) is 2. The maximum absolute atomic E-state index is 6.37. The molecule has 29 heavy (non-hydrogen) atoms. The molecule has 0 unspecified atom stereocenters. The van der Waals surface area contributed by atoms with Crippen LogP contribution in [0.1, 0.15) is 29.2 Å². The highest BCUT2D eigenvalue weighted by Gasteiger charge is 2.21. The van der Waals surface area contributed by atoms with Crippen molar-refractivity contribution in [2.45, 2.75) is 32.3 Å². The maximum Gasteiger partial charge on any atom is 0.242 e. The van der Waals surface area contributed by atoms with Gasteiger partial charge in [0, 0.05) is 30.3 Å². The van der Waals surface area contributed by atoms with Crippen molar-refractivity contribution in [3.05, 3.63) is 53.4 Å². The van der Waals surface area contributed by atoms with Crippen molar-refractivity contribution >= 4 is 22.6 Å². The van der Waals surface area contributed by atoms with Gasteiger partial charge in [-0.2, -0.15) is 9.36 Å². The summed E-state index contributed by atoms with van der Waals surface area (Å²) in [5.41, 5.74) is 3.52. The number of fused-ring (bicyclic) bond motifs is 1. The third kappa shape index (κ3) is 3.83. The first-order chi connectivity index (χ1) is 14.3. The highest BCUT2D eigenvalue weighted by molar-refractivity contribution is 7.05. The van der Waals surface area contributed by atoms with Crippen LogP contribution in [0.2, 0.25) is 0 Å². The molecule has 4 aromatic rings. The van der Waals surface area contributed by atoms with E-state index in [4.69, 9.17) is 19.4 Å². The van der Waals surface area contributed by atoms with Crippen molar-refractivity contribution in [1.82, 2.24) is 28.9 Å². The van der Waals surface area contributed by atoms with Gasteiger partial charge >= 0.3 is 0 Å². The van der Waals surface area contributed by atoms with E-state index in [9.17, 15) is 0 Å². The van der Waals surface area contributed by atoms with E-state index in [2.05, 4.69) is 20.4 Å². The van der Waals surface area contributed by atoms with E-state index in [1.165, 1.54) is 17.9 Å². The Hall–Kier alpha value is -2.91. The summed E-state index contributed by atoms with van der Waals surface area (Å²) in [4.78, 5) is 19.0. The van der Waals surface area contributed by atoms with E-state index in [1.54, 1.807) is 12.4 Å². The third-order valence-electron chi connectivity index (χ3n) is 4.83. The van der Waals surface area contributed by atoms with Gasteiger partial charge in [-0.15, -0.1) is 0 Å². The molecular formula is C20H20N6O2S. The number of rotatable bonds is 5. The highest BCUT2D eigenvalue weighted by atomic mass is 32.1. The monoisotopic (exact) mass is 408 g/mol. The SMILES string of the molecule is Cc1cc(Cc2nc(OC3CCOCC3)c3c(ccn3-c3cncnc3)n2)sn1. The molecule has 1 fully saturated rings. The van der Waals surface area contributed by atoms with Crippen molar-refractivity contribution in [3.63, 3.8) is 0 Å². The van der Waals surface area contributed by atoms with E-state index in [-0.39, 0.29) is 6.10 Å². The van der Waals surface area contributed by atoms with Crippen molar-refractivity contribution in [3.8, 4) is 11.6 Å². The Morgan fingerprint density at radius 2 is 2.03 bits per heavy atom. The molecule has 0 saturated carbocycles. The summed E-state index contributed by atoms with van der Waals surface area (Å²) < 4.78 is 18.2. The summed E-state index contributed by atoms with van der Waals surface area (Å²) in [7, 11) is 0. The minimum Gasteiger partial charge on any atom is -0.473 e. The number of aryl methyl sites for hydroxylation is 1. The van der Waals surface area contributed by atoms with Crippen molar-refractivity contribution < 1.29 is 9.47 Å². The topological polar surface area (TPSA) is 87.8 Å². The van der Waals surface area contributed by atoms with Crippen LogP contribution in [-0.2, 0) is 11.2 Å². The van der Waals surface area contributed by atoms with E-state index in [1.807, 2.05) is 23.8 Å². The fourth-order valence-corrected chi connectivity index (χ4v) is 4.19. The van der Waals surface area contributed by atoms with Gasteiger partial charge in [0.25, 0.3) is 0 Å². The standard InChI is InChI=1S/C20H20N6O2S/c1-13-8-16(29-25-13)9-18-23-17-2-5-26(14-10-21-12-22-11-14)19(17)20(24-18)28-15-3-6-27-7-4-15/h2,5,8,10-12,15H,3-4,6-7,9H2,1H3. The number of aromatic nitrogens is 6. The Bertz CT molecular complexity index is 1120. The molecule has 0 aromatic carbocycles. The molecular weight excluding hydrogens is 388 g/mol. The van der Waals surface area contributed by atoms with Crippen molar-refractivity contribution in [2.75, 3.05) is 13.2 Å². The lowest BCUT2D eigenvalue weighted by molar-refractivity contribution is 0.0242. The van der Waals surface area contributed by atoms with E-state index in [0.29, 0.717) is 25.5 Å². The second kappa shape index (κ2) is 7.84. The average Bonchev–Trinajstić information content (AvgIpc) is 3.36. The normalized spacial score (nSPS) is 15.1. The van der Waals surface area contributed by atoms with Gasteiger partial charge in [-0.25, -0.2) is 15.0 Å². The van der Waals surface area contributed by atoms with Gasteiger partial charge in [-0.1, -0.05) is 0 Å². The van der Waals surface area contributed by atoms with Gasteiger partial charge in [0.05, 0.1) is 42.5 Å². The second-order valence-corrected chi connectivity index (χ2v) is 7.89. The van der Waals surface area contributed by atoms with Crippen LogP contribution in [0, 0.1) is 6.92 Å². The first-order valence-corrected chi connectivity index (χ1v) is 10.3. The molecule has 5 rings (SSSR count). The third-order valence-corrected chi connectivity index (χ3v) is 5.70. The van der Waals surface area contributed by atoms with Crippen LogP contribution in [0.15, 0.2) is 37.1 Å². The van der Waals surface area contributed by atoms with Crippen molar-refractivity contribution in [2.24, 2.45) is 0 Å². The van der Waals surface area contributed by atoms with Gasteiger partial charge in [0.15, 0.2) is 0 Å². The largest absolute Gasteiger partial charge is 0.473 e. The fourth-order valence-electron chi connectivity index (χ4n) is 3.46. The Kier molecular flexibility index (Phi) is 4.91. The summed E-state index contributed by atoms with van der Waals surface area (Å²) in [6.07, 6.45) is 9.41. The predicted octanol–water partition coefficient (Wildman–Crippen LogP) is 3.12. The molecule has 4 aromatic heterocycles. The van der Waals surface area contributed by atoms with Gasteiger partial charge in [-0.05, 0) is 30.6 Å². The molecule has 5 heterocycles. The molecule has 1 aliphatic heterocycles. The van der Waals surface area contributed by atoms with Crippen LogP contribution in [0.3, 0.4) is 0 Å². The smallest absolute Gasteiger partial charge is 0.242 e. The molecule has 0 N–H and O–H groups in total. The molecule has 9 heteroatoms. The Morgan fingerprint density at radius 3 is 2.79 bits per heavy atom. The summed E-state index contributed by atoms with van der Waals surface area (Å²) in [6, 6.07) is 4.05. The van der Waals surface area contributed by atoms with Crippen LogP contribution >= 0.6 is 11.5 Å². The average molecular weight is 408 g/mol. The van der Waals surface area contributed by atoms with Gasteiger partial charge in [0.1, 0.15) is 23.8 Å². The van der Waals surface area contributed by atoms with E-state index < -0.39 is 0 Å². The highest BCUT2D eigenvalue weighted by Crippen LogP contribution is 2.29. The zero-order chi connectivity index (χ0) is 19.6. The van der Waals surface area contributed by atoms with Crippen LogP contribution in [-0.4, -0.2) is 48.2 Å². The summed E-state index contributed by atoms with van der Waals surface area (Å²) in [5, 5.41) is 0. The molecule has 148 valence electrons. The first kappa shape index (κ1) is 18.1. The molecule has 0 atom stereocenters. The van der Waals surface area contributed by atoms with Crippen LogP contribution < -0.4 is 4.74 Å². The molecule has 0 aliphatic carbocycles. The number of nitrogens with zero attached hydrogens (tertiary/aromatic N) is 6. The van der Waals surface area contributed by atoms with Gasteiger partial charge in [-0.3, -0.25) is 0 Å². The van der Waals surface area contributed by atoms with E-state index >= 15 is 0 Å². The lowest BCUT2D eigenvalue weighted by Crippen LogP contribution is -2.26. The van der Waals surface area contributed by atoms with Crippen LogP contribution in [0.4, 0.5) is 0 Å². The van der Waals surface area contributed by atoms with Crippen LogP contribution in [0.25, 0.3) is 16.7 Å². The predicted molar refractivity (Wildman–Crippen MR) is 109 cm³/mol. The first-order valence-electron chi connectivity index (χ1n) is 9.56. The van der Waals surface area contributed by atoms with Gasteiger partial charge in [0.2, 0.25) is 5.88 Å². The Labute approximate surface area is 171 Å². The minimum absolute atomic E-state index is 0.0794. The second-order valence-electron chi connectivity index (χ2n) is 7.00. The summed E-state index contributed by atoms with van der Waals surface area (Å²) in [6.45, 7) is 3.41. The molecule has 0 spiro atoms. The number of hydrogen-bond donors (Lipinski definition) is 0. The molecule has 8 nitrogen and oxygen atoms in total. The summed E-state index contributed by atoms with van der Waals surface area (Å²) >= 11 is 1.48. The van der Waals surface area contributed by atoms with Crippen molar-refractivity contribution in [1.29, 1.82) is 0 Å². The molecule has 0 bridgehead atoms. The maximum atomic E-state index is 6.37. The summed E-state index contributed by atoms with van der Waals surface area (Å²) in [5.74, 6) is 1.32. The van der Waals surface area contributed by atoms with Gasteiger partial charge < -0.3 is 14.0 Å². The lowest BCUT2D eigenvalue weighted by Gasteiger charge is -2.23. The molecule has 0 amide bonds. The Morgan fingerprint density at radius 1 is 1.21 bits per heavy atom. The quantitative estimate of drug-likeness (QED) is 0.501. The molecule has 1 saturated heterocycles. The number of hydrogen-bond acceptors (Lipinski definition) is 8.